The van der Waals surface area contributed by atoms with Crippen LogP contribution in [0.4, 0.5) is 5.69 Å². The molecule has 3 aromatic rings. The van der Waals surface area contributed by atoms with E-state index in [4.69, 9.17) is 9.47 Å². The van der Waals surface area contributed by atoms with Gasteiger partial charge in [-0.1, -0.05) is 61.9 Å². The first-order valence-corrected chi connectivity index (χ1v) is 15.4. The number of hydrogen-bond acceptors (Lipinski definition) is 6. The number of anilines is 1. The van der Waals surface area contributed by atoms with Gasteiger partial charge in [-0.05, 0) is 56.5 Å². The fourth-order valence-corrected chi connectivity index (χ4v) is 5.90. The summed E-state index contributed by atoms with van der Waals surface area (Å²) in [7, 11) is -1.36. The van der Waals surface area contributed by atoms with E-state index in [1.54, 1.807) is 24.3 Å². The smallest absolute Gasteiger partial charge is 0.264 e. The number of carbonyl (C=O) groups excluding carboxylic acids is 2. The molecule has 10 heteroatoms. The van der Waals surface area contributed by atoms with Crippen LogP contribution in [-0.2, 0) is 26.2 Å². The summed E-state index contributed by atoms with van der Waals surface area (Å²) < 4.78 is 40.3. The second-order valence-electron chi connectivity index (χ2n) is 10.1. The van der Waals surface area contributed by atoms with Gasteiger partial charge in [0.2, 0.25) is 11.8 Å². The fourth-order valence-electron chi connectivity index (χ4n) is 4.48. The van der Waals surface area contributed by atoms with E-state index in [-0.39, 0.29) is 34.8 Å². The average molecular weight is 596 g/mol. The molecule has 3 aromatic carbocycles. The van der Waals surface area contributed by atoms with Crippen LogP contribution in [0.3, 0.4) is 0 Å². The maximum absolute atomic E-state index is 14.2. The van der Waals surface area contributed by atoms with Crippen molar-refractivity contribution in [1.82, 2.24) is 10.2 Å². The van der Waals surface area contributed by atoms with Gasteiger partial charge < -0.3 is 19.7 Å². The lowest BCUT2D eigenvalue weighted by molar-refractivity contribution is -0.140. The molecule has 1 N–H and O–H groups in total. The molecule has 0 heterocycles. The number of carbonyl (C=O) groups is 2. The number of methoxy groups -OCH3 is 2. The number of nitrogens with zero attached hydrogens (tertiary/aromatic N) is 2. The summed E-state index contributed by atoms with van der Waals surface area (Å²) in [4.78, 5) is 29.1. The normalized spacial score (nSPS) is 12.6. The maximum Gasteiger partial charge on any atom is 0.264 e. The van der Waals surface area contributed by atoms with E-state index in [1.807, 2.05) is 58.0 Å². The third-order valence-electron chi connectivity index (χ3n) is 7.13. The highest BCUT2D eigenvalue weighted by atomic mass is 32.2. The number of sulfonamides is 1. The van der Waals surface area contributed by atoms with Crippen molar-refractivity contribution in [3.63, 3.8) is 0 Å². The highest BCUT2D eigenvalue weighted by molar-refractivity contribution is 7.92. The van der Waals surface area contributed by atoms with Gasteiger partial charge >= 0.3 is 0 Å². The second-order valence-corrected chi connectivity index (χ2v) is 12.0. The summed E-state index contributed by atoms with van der Waals surface area (Å²) in [6.07, 6.45) is 1.07. The van der Waals surface area contributed by atoms with Gasteiger partial charge in [0.1, 0.15) is 24.1 Å². The molecule has 226 valence electrons. The first-order chi connectivity index (χ1) is 20.0. The Labute approximate surface area is 249 Å². The molecule has 42 heavy (non-hydrogen) atoms. The molecule has 0 saturated heterocycles. The number of hydrogen-bond donors (Lipinski definition) is 1. The highest BCUT2D eigenvalue weighted by Crippen LogP contribution is 2.36. The van der Waals surface area contributed by atoms with Crippen molar-refractivity contribution in [2.45, 2.75) is 64.1 Å². The zero-order chi connectivity index (χ0) is 30.9. The van der Waals surface area contributed by atoms with Crippen molar-refractivity contribution in [1.29, 1.82) is 0 Å². The molecule has 0 aliphatic heterocycles. The predicted octanol–water partition coefficient (Wildman–Crippen LogP) is 4.93. The fraction of sp³-hybridized carbons (Fsp3) is 0.375. The Morgan fingerprint density at radius 2 is 1.57 bits per heavy atom. The van der Waals surface area contributed by atoms with Crippen molar-refractivity contribution in [3.8, 4) is 11.5 Å². The van der Waals surface area contributed by atoms with Crippen molar-refractivity contribution < 1.29 is 27.5 Å². The minimum absolute atomic E-state index is 0.0157. The van der Waals surface area contributed by atoms with E-state index in [0.717, 1.165) is 21.9 Å². The van der Waals surface area contributed by atoms with Gasteiger partial charge in [-0.25, -0.2) is 8.42 Å². The van der Waals surface area contributed by atoms with Crippen LogP contribution >= 0.6 is 0 Å². The van der Waals surface area contributed by atoms with E-state index in [1.165, 1.54) is 37.3 Å². The zero-order valence-corrected chi connectivity index (χ0v) is 26.0. The molecule has 0 aromatic heterocycles. The molecule has 0 fully saturated rings. The van der Waals surface area contributed by atoms with Gasteiger partial charge in [-0.3, -0.25) is 13.9 Å². The standard InChI is InChI=1S/C32H41N3O6S/c1-7-24(4)33-32(37)28(8-2)34(21-25-12-10-9-11-13-25)31(36)22-35(29-20-26(40-5)16-19-30(29)41-6)42(38,39)27-17-14-23(3)15-18-27/h9-20,24,28H,7-8,21-22H2,1-6H3,(H,33,37)/t24-,28+/m1/s1. The van der Waals surface area contributed by atoms with Crippen LogP contribution in [0.25, 0.3) is 0 Å². The van der Waals surface area contributed by atoms with Crippen LogP contribution in [0.5, 0.6) is 11.5 Å². The van der Waals surface area contributed by atoms with Gasteiger partial charge in [0.25, 0.3) is 10.0 Å². The zero-order valence-electron chi connectivity index (χ0n) is 25.2. The van der Waals surface area contributed by atoms with Crippen LogP contribution in [0.15, 0.2) is 77.7 Å². The molecule has 0 radical (unpaired) electrons. The van der Waals surface area contributed by atoms with Crippen molar-refractivity contribution >= 4 is 27.5 Å². The van der Waals surface area contributed by atoms with Crippen molar-refractivity contribution in [3.05, 3.63) is 83.9 Å². The Morgan fingerprint density at radius 1 is 0.905 bits per heavy atom. The van der Waals surface area contributed by atoms with Crippen LogP contribution in [0.2, 0.25) is 0 Å². The SMILES string of the molecule is CC[C@@H](C)NC(=O)[C@H](CC)N(Cc1ccccc1)C(=O)CN(c1cc(OC)ccc1OC)S(=O)(=O)c1ccc(C)cc1. The molecule has 9 nitrogen and oxygen atoms in total. The summed E-state index contributed by atoms with van der Waals surface area (Å²) in [6.45, 7) is 7.12. The number of nitrogens with one attached hydrogen (secondary N) is 1. The number of ether oxygens (including phenoxy) is 2. The molecule has 2 amide bonds. The van der Waals surface area contributed by atoms with Gasteiger partial charge in [0.05, 0.1) is 24.8 Å². The van der Waals surface area contributed by atoms with Crippen LogP contribution in [-0.4, -0.2) is 58.0 Å². The Morgan fingerprint density at radius 3 is 2.14 bits per heavy atom. The molecule has 3 rings (SSSR count). The number of rotatable bonds is 14. The quantitative estimate of drug-likeness (QED) is 0.283. The van der Waals surface area contributed by atoms with Crippen LogP contribution < -0.4 is 19.1 Å². The molecule has 0 aliphatic rings. The van der Waals surface area contributed by atoms with E-state index in [0.29, 0.717) is 12.2 Å². The summed E-state index contributed by atoms with van der Waals surface area (Å²) in [6, 6.07) is 19.6. The van der Waals surface area contributed by atoms with Gasteiger partial charge in [-0.2, -0.15) is 0 Å². The highest BCUT2D eigenvalue weighted by Gasteiger charge is 2.35. The molecule has 0 aliphatic carbocycles. The summed E-state index contributed by atoms with van der Waals surface area (Å²) in [5.74, 6) is -0.188. The largest absolute Gasteiger partial charge is 0.497 e. The van der Waals surface area contributed by atoms with Gasteiger partial charge in [0, 0.05) is 18.7 Å². The summed E-state index contributed by atoms with van der Waals surface area (Å²) in [5.41, 5.74) is 1.85. The minimum Gasteiger partial charge on any atom is -0.497 e. The van der Waals surface area contributed by atoms with Crippen molar-refractivity contribution in [2.24, 2.45) is 0 Å². The second kappa shape index (κ2) is 14.7. The van der Waals surface area contributed by atoms with E-state index >= 15 is 0 Å². The predicted molar refractivity (Wildman–Crippen MR) is 164 cm³/mol. The minimum atomic E-state index is -4.26. The van der Waals surface area contributed by atoms with Crippen molar-refractivity contribution in [2.75, 3.05) is 25.1 Å². The van der Waals surface area contributed by atoms with E-state index in [9.17, 15) is 18.0 Å². The van der Waals surface area contributed by atoms with Gasteiger partial charge in [-0.15, -0.1) is 0 Å². The average Bonchev–Trinajstić information content (AvgIpc) is 2.99. The van der Waals surface area contributed by atoms with Gasteiger partial charge in [0.15, 0.2) is 0 Å². The van der Waals surface area contributed by atoms with E-state index < -0.39 is 28.5 Å². The molecular weight excluding hydrogens is 554 g/mol. The summed E-state index contributed by atoms with van der Waals surface area (Å²) in [5, 5.41) is 2.98. The molecule has 0 bridgehead atoms. The molecule has 0 unspecified atom stereocenters. The van der Waals surface area contributed by atoms with Crippen LogP contribution in [0, 0.1) is 6.92 Å². The maximum atomic E-state index is 14.2. The Balaban J connectivity index is 2.14. The summed E-state index contributed by atoms with van der Waals surface area (Å²) >= 11 is 0. The third-order valence-corrected chi connectivity index (χ3v) is 8.90. The first kappa shape index (κ1) is 32.5. The number of benzene rings is 3. The monoisotopic (exact) mass is 595 g/mol. The molecule has 0 spiro atoms. The first-order valence-electron chi connectivity index (χ1n) is 14.0. The number of aryl methyl sites for hydroxylation is 1. The number of amides is 2. The molecular formula is C32H41N3O6S. The lowest BCUT2D eigenvalue weighted by Crippen LogP contribution is -2.53. The third kappa shape index (κ3) is 7.82. The van der Waals surface area contributed by atoms with Crippen LogP contribution in [0.1, 0.15) is 44.7 Å². The van der Waals surface area contributed by atoms with E-state index in [2.05, 4.69) is 5.32 Å². The Hall–Kier alpha value is -4.05. The lowest BCUT2D eigenvalue weighted by atomic mass is 10.1. The molecule has 2 atom stereocenters. The Kier molecular flexibility index (Phi) is 11.4. The Bertz CT molecular complexity index is 1440. The topological polar surface area (TPSA) is 105 Å². The molecule has 0 saturated carbocycles. The lowest BCUT2D eigenvalue weighted by Gasteiger charge is -2.34.